The van der Waals surface area contributed by atoms with Crippen LogP contribution in [0.2, 0.25) is 0 Å². The zero-order valence-electron chi connectivity index (χ0n) is 8.17. The van der Waals surface area contributed by atoms with Crippen LogP contribution >= 0.6 is 0 Å². The van der Waals surface area contributed by atoms with Crippen molar-refractivity contribution in [1.82, 2.24) is 0 Å². The summed E-state index contributed by atoms with van der Waals surface area (Å²) in [6.07, 6.45) is 3.16. The van der Waals surface area contributed by atoms with Crippen LogP contribution in [0, 0.1) is 12.5 Å². The third-order valence-electron chi connectivity index (χ3n) is 1.20. The van der Waals surface area contributed by atoms with Crippen LogP contribution in [0.4, 0.5) is 0 Å². The first-order valence-electron chi connectivity index (χ1n) is 4.17. The van der Waals surface area contributed by atoms with Gasteiger partial charge in [-0.25, -0.2) is 0 Å². The van der Waals surface area contributed by atoms with Crippen molar-refractivity contribution in [2.75, 3.05) is 0 Å². The topological polar surface area (TPSA) is 0 Å². The van der Waals surface area contributed by atoms with Gasteiger partial charge in [0.25, 0.3) is 0 Å². The molecular weight excluding hydrogens is 221 g/mol. The van der Waals surface area contributed by atoms with Gasteiger partial charge in [-0.05, 0) is 0 Å². The van der Waals surface area contributed by atoms with E-state index in [1.54, 1.807) is 0 Å². The molecule has 1 radical (unpaired) electrons. The molecule has 0 saturated heterocycles. The van der Waals surface area contributed by atoms with Crippen molar-refractivity contribution in [1.29, 1.82) is 0 Å². The fraction of sp³-hybridized carbons (Fsp3) is 0.364. The van der Waals surface area contributed by atoms with Gasteiger partial charge in [0.2, 0.25) is 0 Å². The summed E-state index contributed by atoms with van der Waals surface area (Å²) in [5.41, 5.74) is 1.26. The van der Waals surface area contributed by atoms with E-state index in [0.717, 1.165) is 6.42 Å². The SMILES string of the molecule is CC.C[CH-]Cc1[c-]cccc1.[Y]. The molecule has 0 amide bonds. The Morgan fingerprint density at radius 2 is 2.00 bits per heavy atom. The predicted molar refractivity (Wildman–Crippen MR) is 50.3 cm³/mol. The zero-order chi connectivity index (χ0) is 8.53. The van der Waals surface area contributed by atoms with Gasteiger partial charge in [-0.2, -0.15) is 49.2 Å². The summed E-state index contributed by atoms with van der Waals surface area (Å²) in [7, 11) is 0. The molecule has 0 bridgehead atoms. The van der Waals surface area contributed by atoms with Crippen LogP contribution in [-0.4, -0.2) is 0 Å². The Labute approximate surface area is 102 Å². The predicted octanol–water partition coefficient (Wildman–Crippen LogP) is 3.28. The van der Waals surface area contributed by atoms with Gasteiger partial charge in [-0.1, -0.05) is 13.8 Å². The van der Waals surface area contributed by atoms with E-state index in [0.29, 0.717) is 0 Å². The van der Waals surface area contributed by atoms with Gasteiger partial charge in [0.15, 0.2) is 0 Å². The van der Waals surface area contributed by atoms with E-state index in [1.165, 1.54) is 5.56 Å². The summed E-state index contributed by atoms with van der Waals surface area (Å²) in [6, 6.07) is 11.2. The van der Waals surface area contributed by atoms with Crippen molar-refractivity contribution in [2.45, 2.75) is 27.2 Å². The second kappa shape index (κ2) is 11.3. The number of benzene rings is 1. The van der Waals surface area contributed by atoms with Crippen LogP contribution < -0.4 is 0 Å². The number of hydrogen-bond donors (Lipinski definition) is 0. The number of hydrogen-bond acceptors (Lipinski definition) is 0. The van der Waals surface area contributed by atoms with E-state index in [2.05, 4.69) is 25.5 Å². The van der Waals surface area contributed by atoms with E-state index in [-0.39, 0.29) is 32.7 Å². The van der Waals surface area contributed by atoms with Crippen molar-refractivity contribution in [3.8, 4) is 0 Å². The summed E-state index contributed by atoms with van der Waals surface area (Å²) in [5.74, 6) is 0. The molecule has 0 N–H and O–H groups in total. The third kappa shape index (κ3) is 7.00. The fourth-order valence-corrected chi connectivity index (χ4v) is 0.777. The maximum Gasteiger partial charge on any atom is 0 e. The van der Waals surface area contributed by atoms with E-state index < -0.39 is 0 Å². The fourth-order valence-electron chi connectivity index (χ4n) is 0.777. The third-order valence-corrected chi connectivity index (χ3v) is 1.20. The number of rotatable bonds is 2. The Morgan fingerprint density at radius 1 is 1.33 bits per heavy atom. The molecule has 0 unspecified atom stereocenters. The van der Waals surface area contributed by atoms with Crippen LogP contribution in [-0.2, 0) is 39.1 Å². The Kier molecular flexibility index (Phi) is 14.0. The Bertz CT molecular complexity index is 158. The average molecular weight is 237 g/mol. The summed E-state index contributed by atoms with van der Waals surface area (Å²) >= 11 is 0. The van der Waals surface area contributed by atoms with Gasteiger partial charge in [-0.3, -0.25) is 0 Å². The minimum absolute atomic E-state index is 0. The molecular formula is C11H16Y-2. The Hall–Kier alpha value is 0.324. The molecule has 0 aliphatic heterocycles. The summed E-state index contributed by atoms with van der Waals surface area (Å²) < 4.78 is 0. The molecule has 0 fully saturated rings. The quantitative estimate of drug-likeness (QED) is 0.692. The van der Waals surface area contributed by atoms with Gasteiger partial charge in [0, 0.05) is 32.7 Å². The molecule has 0 aliphatic carbocycles. The first-order valence-corrected chi connectivity index (χ1v) is 4.17. The molecule has 12 heavy (non-hydrogen) atoms. The van der Waals surface area contributed by atoms with E-state index in [4.69, 9.17) is 0 Å². The van der Waals surface area contributed by atoms with Gasteiger partial charge in [-0.15, -0.1) is 0 Å². The van der Waals surface area contributed by atoms with Crippen molar-refractivity contribution in [3.63, 3.8) is 0 Å². The maximum atomic E-state index is 3.14. The second-order valence-electron chi connectivity index (χ2n) is 2.00. The minimum Gasteiger partial charge on any atom is -0.329 e. The molecule has 1 rings (SSSR count). The monoisotopic (exact) mass is 237 g/mol. The molecule has 0 aromatic heterocycles. The summed E-state index contributed by atoms with van der Waals surface area (Å²) in [4.78, 5) is 0. The van der Waals surface area contributed by atoms with Gasteiger partial charge < -0.3 is 6.42 Å². The molecule has 65 valence electrons. The van der Waals surface area contributed by atoms with Crippen molar-refractivity contribution < 1.29 is 32.7 Å². The molecule has 0 heterocycles. The zero-order valence-corrected chi connectivity index (χ0v) is 11.0. The molecule has 1 heteroatoms. The standard InChI is InChI=1S/C9H10.C2H6.Y/c1-2-6-9-7-4-3-5-8-9;1-2;/h2-5,7H,6H2,1H3;1-2H3;/q-2;;. The molecule has 0 atom stereocenters. The molecule has 0 aliphatic rings. The first kappa shape index (κ1) is 14.8. The van der Waals surface area contributed by atoms with Gasteiger partial charge in [0.1, 0.15) is 0 Å². The average Bonchev–Trinajstić information content (AvgIpc) is 2.11. The van der Waals surface area contributed by atoms with Crippen LogP contribution in [0.5, 0.6) is 0 Å². The summed E-state index contributed by atoms with van der Waals surface area (Å²) in [5, 5.41) is 0. The smallest absolute Gasteiger partial charge is 0 e. The van der Waals surface area contributed by atoms with Crippen LogP contribution in [0.15, 0.2) is 24.3 Å². The first-order chi connectivity index (χ1) is 5.43. The normalized spacial score (nSPS) is 7.58. The van der Waals surface area contributed by atoms with Crippen molar-refractivity contribution in [3.05, 3.63) is 42.3 Å². The van der Waals surface area contributed by atoms with Crippen LogP contribution in [0.25, 0.3) is 0 Å². The molecule has 1 aromatic rings. The van der Waals surface area contributed by atoms with Gasteiger partial charge in [0.05, 0.1) is 0 Å². The van der Waals surface area contributed by atoms with E-state index >= 15 is 0 Å². The summed E-state index contributed by atoms with van der Waals surface area (Å²) in [6.45, 7) is 6.06. The minimum atomic E-state index is 0. The Morgan fingerprint density at radius 3 is 2.42 bits per heavy atom. The van der Waals surface area contributed by atoms with Crippen LogP contribution in [0.3, 0.4) is 0 Å². The van der Waals surface area contributed by atoms with Crippen LogP contribution in [0.1, 0.15) is 26.3 Å². The molecule has 0 saturated carbocycles. The maximum absolute atomic E-state index is 3.14. The van der Waals surface area contributed by atoms with Crippen molar-refractivity contribution in [2.24, 2.45) is 0 Å². The van der Waals surface area contributed by atoms with Crippen molar-refractivity contribution >= 4 is 0 Å². The molecule has 1 aromatic carbocycles. The largest absolute Gasteiger partial charge is 0.329 e. The second-order valence-corrected chi connectivity index (χ2v) is 2.00. The molecule has 0 nitrogen and oxygen atoms in total. The van der Waals surface area contributed by atoms with Gasteiger partial charge >= 0.3 is 0 Å². The molecule has 0 spiro atoms. The Balaban J connectivity index is 0. The van der Waals surface area contributed by atoms with E-state index in [1.807, 2.05) is 32.0 Å². The van der Waals surface area contributed by atoms with E-state index in [9.17, 15) is 0 Å².